The summed E-state index contributed by atoms with van der Waals surface area (Å²) >= 11 is 0. The van der Waals surface area contributed by atoms with Crippen molar-refractivity contribution in [1.82, 2.24) is 10.3 Å². The summed E-state index contributed by atoms with van der Waals surface area (Å²) in [7, 11) is 1.56. The van der Waals surface area contributed by atoms with Gasteiger partial charge in [0, 0.05) is 18.9 Å². The Hall–Kier alpha value is -2.40. The van der Waals surface area contributed by atoms with Crippen LogP contribution in [-0.2, 0) is 5.54 Å². The van der Waals surface area contributed by atoms with Gasteiger partial charge >= 0.3 is 0 Å². The first-order valence-corrected chi connectivity index (χ1v) is 6.72. The van der Waals surface area contributed by atoms with Gasteiger partial charge in [0.25, 0.3) is 5.91 Å². The van der Waals surface area contributed by atoms with Crippen LogP contribution in [0.1, 0.15) is 23.0 Å². The van der Waals surface area contributed by atoms with Crippen LogP contribution in [0.3, 0.4) is 0 Å². The molecule has 110 valence electrons. The summed E-state index contributed by atoms with van der Waals surface area (Å²) in [5, 5.41) is 15.6. The van der Waals surface area contributed by atoms with Gasteiger partial charge in [-0.05, 0) is 24.6 Å². The number of carbonyl (C=O) groups excluding carboxylic acids is 1. The number of aliphatic hydroxyl groups excluding tert-OH is 1. The third-order valence-electron chi connectivity index (χ3n) is 3.37. The highest BCUT2D eigenvalue weighted by molar-refractivity contribution is 5.92. The molecule has 3 N–H and O–H groups in total. The minimum atomic E-state index is -0.636. The van der Waals surface area contributed by atoms with Gasteiger partial charge in [0.05, 0.1) is 12.1 Å². The number of hydrogen-bond acceptors (Lipinski definition) is 4. The normalized spacial score (nSPS) is 13.3. The Kier molecular flexibility index (Phi) is 4.55. The Balaban J connectivity index is 2.29. The second-order valence-electron chi connectivity index (χ2n) is 4.99. The molecule has 0 aliphatic rings. The van der Waals surface area contributed by atoms with Gasteiger partial charge in [0.15, 0.2) is 0 Å². The molecule has 1 aromatic heterocycles. The van der Waals surface area contributed by atoms with E-state index in [4.69, 9.17) is 0 Å². The van der Waals surface area contributed by atoms with Gasteiger partial charge in [-0.25, -0.2) is 0 Å². The molecule has 1 aromatic carbocycles. The number of amides is 1. The lowest BCUT2D eigenvalue weighted by atomic mass is 9.92. The summed E-state index contributed by atoms with van der Waals surface area (Å²) in [5.74, 6) is -0.246. The average Bonchev–Trinajstić information content (AvgIpc) is 2.55. The molecule has 2 aromatic rings. The molecule has 0 fully saturated rings. The molecule has 0 aliphatic carbocycles. The van der Waals surface area contributed by atoms with Crippen molar-refractivity contribution >= 4 is 11.6 Å². The SMILES string of the molecule is CNC(=O)c1cc(NC(C)(CO)c2ccccc2)ccn1. The zero-order valence-electron chi connectivity index (χ0n) is 12.1. The van der Waals surface area contributed by atoms with Crippen molar-refractivity contribution in [1.29, 1.82) is 0 Å². The number of nitrogens with one attached hydrogen (secondary N) is 2. The third-order valence-corrected chi connectivity index (χ3v) is 3.37. The van der Waals surface area contributed by atoms with E-state index in [1.807, 2.05) is 37.3 Å². The van der Waals surface area contributed by atoms with Crippen LogP contribution < -0.4 is 10.6 Å². The second-order valence-corrected chi connectivity index (χ2v) is 4.99. The standard InChI is InChI=1S/C16H19N3O2/c1-16(11-20,12-6-4-3-5-7-12)19-13-8-9-18-14(10-13)15(21)17-2/h3-10,20H,11H2,1-2H3,(H,17,21)(H,18,19). The fourth-order valence-corrected chi connectivity index (χ4v) is 2.09. The monoisotopic (exact) mass is 285 g/mol. The van der Waals surface area contributed by atoms with Crippen molar-refractivity contribution in [3.8, 4) is 0 Å². The van der Waals surface area contributed by atoms with E-state index < -0.39 is 5.54 Å². The zero-order valence-corrected chi connectivity index (χ0v) is 12.1. The minimum Gasteiger partial charge on any atom is -0.394 e. The van der Waals surface area contributed by atoms with Gasteiger partial charge in [-0.2, -0.15) is 0 Å². The van der Waals surface area contributed by atoms with Gasteiger partial charge < -0.3 is 15.7 Å². The van der Waals surface area contributed by atoms with E-state index in [0.29, 0.717) is 5.69 Å². The maximum atomic E-state index is 11.6. The molecular formula is C16H19N3O2. The molecule has 5 nitrogen and oxygen atoms in total. The summed E-state index contributed by atoms with van der Waals surface area (Å²) in [5.41, 5.74) is 1.38. The van der Waals surface area contributed by atoms with E-state index in [2.05, 4.69) is 15.6 Å². The Bertz CT molecular complexity index is 616. The Labute approximate surface area is 124 Å². The van der Waals surface area contributed by atoms with Gasteiger partial charge in [0.1, 0.15) is 5.69 Å². The van der Waals surface area contributed by atoms with Crippen LogP contribution in [-0.4, -0.2) is 29.7 Å². The van der Waals surface area contributed by atoms with Crippen molar-refractivity contribution in [3.05, 3.63) is 59.9 Å². The molecule has 1 unspecified atom stereocenters. The van der Waals surface area contributed by atoms with Gasteiger partial charge in [-0.3, -0.25) is 9.78 Å². The lowest BCUT2D eigenvalue weighted by Gasteiger charge is -2.30. The molecule has 1 amide bonds. The number of pyridine rings is 1. The van der Waals surface area contributed by atoms with E-state index >= 15 is 0 Å². The molecule has 0 spiro atoms. The number of aliphatic hydroxyl groups is 1. The fraction of sp³-hybridized carbons (Fsp3) is 0.250. The highest BCUT2D eigenvalue weighted by atomic mass is 16.3. The van der Waals surface area contributed by atoms with Crippen LogP contribution in [0, 0.1) is 0 Å². The third kappa shape index (κ3) is 3.38. The molecule has 0 radical (unpaired) electrons. The van der Waals surface area contributed by atoms with E-state index in [0.717, 1.165) is 11.3 Å². The molecule has 2 rings (SSSR count). The van der Waals surface area contributed by atoms with Gasteiger partial charge in [-0.1, -0.05) is 30.3 Å². The number of nitrogens with zero attached hydrogens (tertiary/aromatic N) is 1. The van der Waals surface area contributed by atoms with E-state index in [1.165, 1.54) is 0 Å². The predicted octanol–water partition coefficient (Wildman–Crippen LogP) is 1.76. The predicted molar refractivity (Wildman–Crippen MR) is 82.1 cm³/mol. The Morgan fingerprint density at radius 3 is 2.62 bits per heavy atom. The molecule has 5 heteroatoms. The first-order chi connectivity index (χ1) is 10.1. The highest BCUT2D eigenvalue weighted by Gasteiger charge is 2.25. The van der Waals surface area contributed by atoms with Gasteiger partial charge in [-0.15, -0.1) is 0 Å². The zero-order chi connectivity index (χ0) is 15.3. The molecular weight excluding hydrogens is 266 g/mol. The van der Waals surface area contributed by atoms with E-state index in [9.17, 15) is 9.90 Å². The maximum absolute atomic E-state index is 11.6. The number of rotatable bonds is 5. The van der Waals surface area contributed by atoms with Crippen molar-refractivity contribution in [2.45, 2.75) is 12.5 Å². The fourth-order valence-electron chi connectivity index (χ4n) is 2.09. The summed E-state index contributed by atoms with van der Waals surface area (Å²) in [6.07, 6.45) is 1.57. The molecule has 0 aliphatic heterocycles. The van der Waals surface area contributed by atoms with Crippen LogP contribution in [0.15, 0.2) is 48.7 Å². The summed E-state index contributed by atoms with van der Waals surface area (Å²) < 4.78 is 0. The van der Waals surface area contributed by atoms with Crippen molar-refractivity contribution in [3.63, 3.8) is 0 Å². The lowest BCUT2D eigenvalue weighted by molar-refractivity contribution is 0.0958. The molecule has 21 heavy (non-hydrogen) atoms. The van der Waals surface area contributed by atoms with Crippen molar-refractivity contribution < 1.29 is 9.90 Å². The summed E-state index contributed by atoms with van der Waals surface area (Å²) in [6, 6.07) is 13.1. The first kappa shape index (κ1) is 15.0. The Morgan fingerprint density at radius 1 is 1.29 bits per heavy atom. The molecule has 1 atom stereocenters. The lowest BCUT2D eigenvalue weighted by Crippen LogP contribution is -2.36. The van der Waals surface area contributed by atoms with E-state index in [-0.39, 0.29) is 12.5 Å². The smallest absolute Gasteiger partial charge is 0.269 e. The maximum Gasteiger partial charge on any atom is 0.269 e. The van der Waals surface area contributed by atoms with Crippen LogP contribution >= 0.6 is 0 Å². The molecule has 0 saturated carbocycles. The average molecular weight is 285 g/mol. The Morgan fingerprint density at radius 2 is 2.00 bits per heavy atom. The van der Waals surface area contributed by atoms with Crippen molar-refractivity contribution in [2.24, 2.45) is 0 Å². The van der Waals surface area contributed by atoms with Crippen LogP contribution in [0.5, 0.6) is 0 Å². The molecule has 1 heterocycles. The number of benzene rings is 1. The van der Waals surface area contributed by atoms with Crippen LogP contribution in [0.4, 0.5) is 5.69 Å². The number of aromatic nitrogens is 1. The minimum absolute atomic E-state index is 0.0748. The largest absolute Gasteiger partial charge is 0.394 e. The van der Waals surface area contributed by atoms with Crippen LogP contribution in [0.2, 0.25) is 0 Å². The second kappa shape index (κ2) is 6.37. The highest BCUT2D eigenvalue weighted by Crippen LogP contribution is 2.25. The summed E-state index contributed by atoms with van der Waals surface area (Å²) in [4.78, 5) is 15.6. The number of hydrogen-bond donors (Lipinski definition) is 3. The van der Waals surface area contributed by atoms with E-state index in [1.54, 1.807) is 25.4 Å². The number of anilines is 1. The first-order valence-electron chi connectivity index (χ1n) is 6.72. The quantitative estimate of drug-likeness (QED) is 0.782. The molecule has 0 bridgehead atoms. The van der Waals surface area contributed by atoms with Crippen LogP contribution in [0.25, 0.3) is 0 Å². The summed E-state index contributed by atoms with van der Waals surface area (Å²) in [6.45, 7) is 1.83. The van der Waals surface area contributed by atoms with Crippen molar-refractivity contribution in [2.75, 3.05) is 19.0 Å². The van der Waals surface area contributed by atoms with Gasteiger partial charge in [0.2, 0.25) is 0 Å². The molecule has 0 saturated heterocycles. The topological polar surface area (TPSA) is 74.2 Å². The number of carbonyl (C=O) groups is 1.